The third-order valence-electron chi connectivity index (χ3n) is 4.21. The summed E-state index contributed by atoms with van der Waals surface area (Å²) in [6.07, 6.45) is -3.71. The van der Waals surface area contributed by atoms with Crippen LogP contribution in [-0.2, 0) is 17.3 Å². The molecule has 2 bridgehead atoms. The highest BCUT2D eigenvalue weighted by Gasteiger charge is 2.45. The van der Waals surface area contributed by atoms with Crippen molar-refractivity contribution >= 4 is 23.3 Å². The Bertz CT molecular complexity index is 746. The number of nitrogens with zero attached hydrogens (tertiary/aromatic N) is 1. The van der Waals surface area contributed by atoms with Gasteiger partial charge in [-0.2, -0.15) is 13.2 Å². The van der Waals surface area contributed by atoms with E-state index in [0.717, 1.165) is 12.5 Å². The molecule has 2 aromatic rings. The topological polar surface area (TPSA) is 22.1 Å². The van der Waals surface area contributed by atoms with Gasteiger partial charge in [0, 0.05) is 17.4 Å². The van der Waals surface area contributed by atoms with Gasteiger partial charge < -0.3 is 4.74 Å². The Kier molecular flexibility index (Phi) is 3.57. The van der Waals surface area contributed by atoms with Crippen LogP contribution >= 0.6 is 12.4 Å². The van der Waals surface area contributed by atoms with Crippen LogP contribution < -0.4 is 0 Å². The van der Waals surface area contributed by atoms with Crippen LogP contribution in [-0.4, -0.2) is 11.1 Å². The first kappa shape index (κ1) is 15.5. The molecule has 2 nitrogen and oxygen atoms in total. The van der Waals surface area contributed by atoms with E-state index in [1.165, 1.54) is 12.1 Å². The Morgan fingerprint density at radius 3 is 2.68 bits per heavy atom. The van der Waals surface area contributed by atoms with Crippen LogP contribution in [0.15, 0.2) is 18.2 Å². The lowest BCUT2D eigenvalue weighted by atomic mass is 9.93. The number of hydrogen-bond donors (Lipinski definition) is 0. The lowest BCUT2D eigenvalue weighted by Gasteiger charge is -2.27. The van der Waals surface area contributed by atoms with Crippen molar-refractivity contribution in [3.63, 3.8) is 0 Å². The van der Waals surface area contributed by atoms with E-state index in [2.05, 4.69) is 4.98 Å². The Balaban J connectivity index is 0.00000144. The van der Waals surface area contributed by atoms with E-state index < -0.39 is 29.0 Å². The number of rotatable bonds is 0. The van der Waals surface area contributed by atoms with Crippen molar-refractivity contribution in [2.45, 2.75) is 37.6 Å². The molecule has 3 heterocycles. The molecule has 0 spiro atoms. The molecular weight excluding hydrogens is 322 g/mol. The van der Waals surface area contributed by atoms with Crippen molar-refractivity contribution in [1.82, 2.24) is 4.98 Å². The van der Waals surface area contributed by atoms with E-state index >= 15 is 0 Å². The van der Waals surface area contributed by atoms with Crippen LogP contribution in [0.4, 0.5) is 17.6 Å². The fourth-order valence-corrected chi connectivity index (χ4v) is 3.42. The van der Waals surface area contributed by atoms with E-state index in [-0.39, 0.29) is 29.6 Å². The fourth-order valence-electron chi connectivity index (χ4n) is 3.42. The van der Waals surface area contributed by atoms with Gasteiger partial charge >= 0.3 is 6.18 Å². The maximum Gasteiger partial charge on any atom is 0.417 e. The van der Waals surface area contributed by atoms with Gasteiger partial charge in [0.15, 0.2) is 0 Å². The number of fused-ring (bicyclic) bond motifs is 5. The molecule has 0 amide bonds. The molecule has 0 radical (unpaired) electrons. The van der Waals surface area contributed by atoms with Gasteiger partial charge in [-0.3, -0.25) is 4.98 Å². The van der Waals surface area contributed by atoms with E-state index in [0.29, 0.717) is 18.5 Å². The Labute approximate surface area is 129 Å². The van der Waals surface area contributed by atoms with E-state index in [1.54, 1.807) is 0 Å². The molecule has 2 atom stereocenters. The highest BCUT2D eigenvalue weighted by molar-refractivity contribution is 5.85. The van der Waals surface area contributed by atoms with Crippen molar-refractivity contribution in [1.29, 1.82) is 0 Å². The van der Waals surface area contributed by atoms with Crippen molar-refractivity contribution in [3.8, 4) is 0 Å². The average Bonchev–Trinajstić information content (AvgIpc) is 2.78. The van der Waals surface area contributed by atoms with Gasteiger partial charge in [0.05, 0.1) is 29.0 Å². The molecule has 7 heteroatoms. The molecule has 2 aliphatic heterocycles. The van der Waals surface area contributed by atoms with Crippen LogP contribution in [0.1, 0.15) is 35.8 Å². The first-order valence-electron chi connectivity index (χ1n) is 6.79. The molecule has 118 valence electrons. The number of ether oxygens (including phenoxy) is 1. The van der Waals surface area contributed by atoms with E-state index in [4.69, 9.17) is 4.74 Å². The summed E-state index contributed by atoms with van der Waals surface area (Å²) in [7, 11) is 0. The predicted molar refractivity (Wildman–Crippen MR) is 74.5 cm³/mol. The fraction of sp³-hybridized carbons (Fsp3) is 0.400. The normalized spacial score (nSPS) is 23.3. The number of aromatic nitrogens is 1. The quantitative estimate of drug-likeness (QED) is 0.658. The molecule has 1 fully saturated rings. The van der Waals surface area contributed by atoms with Crippen molar-refractivity contribution < 1.29 is 22.3 Å². The van der Waals surface area contributed by atoms with Gasteiger partial charge in [0.25, 0.3) is 0 Å². The molecule has 2 unspecified atom stereocenters. The van der Waals surface area contributed by atoms with Crippen LogP contribution in [0.3, 0.4) is 0 Å². The van der Waals surface area contributed by atoms with Crippen molar-refractivity contribution in [2.24, 2.45) is 0 Å². The van der Waals surface area contributed by atoms with Crippen LogP contribution in [0.5, 0.6) is 0 Å². The number of halogens is 5. The molecule has 4 rings (SSSR count). The first-order chi connectivity index (χ1) is 9.95. The molecule has 1 saturated heterocycles. The van der Waals surface area contributed by atoms with Crippen LogP contribution in [0, 0.1) is 5.82 Å². The summed E-state index contributed by atoms with van der Waals surface area (Å²) in [6, 6.07) is 3.84. The molecule has 0 aliphatic carbocycles. The number of hydrogen-bond acceptors (Lipinski definition) is 2. The third kappa shape index (κ3) is 2.16. The maximum atomic E-state index is 14.0. The minimum absolute atomic E-state index is 0. The molecule has 0 saturated carbocycles. The smallest absolute Gasteiger partial charge is 0.370 e. The minimum atomic E-state index is -4.63. The molecule has 2 aliphatic rings. The predicted octanol–water partition coefficient (Wildman–Crippen LogP) is 4.59. The molecular formula is C15H12ClF4NO. The van der Waals surface area contributed by atoms with Gasteiger partial charge in [-0.25, -0.2) is 4.39 Å². The zero-order valence-electron chi connectivity index (χ0n) is 11.3. The lowest BCUT2D eigenvalue weighted by molar-refractivity contribution is -0.138. The summed E-state index contributed by atoms with van der Waals surface area (Å²) in [5, 5.41) is -0.447. The van der Waals surface area contributed by atoms with Crippen LogP contribution in [0.25, 0.3) is 10.9 Å². The molecule has 1 aromatic heterocycles. The monoisotopic (exact) mass is 333 g/mol. The van der Waals surface area contributed by atoms with Crippen molar-refractivity contribution in [2.75, 3.05) is 0 Å². The zero-order chi connectivity index (χ0) is 14.8. The summed E-state index contributed by atoms with van der Waals surface area (Å²) >= 11 is 0. The highest BCUT2D eigenvalue weighted by atomic mass is 35.5. The van der Waals surface area contributed by atoms with Gasteiger partial charge in [-0.15, -0.1) is 12.4 Å². The maximum absolute atomic E-state index is 14.0. The summed E-state index contributed by atoms with van der Waals surface area (Å²) in [5.74, 6) is -0.893. The standard InChI is InChI=1S/C15H11F4NO.ClH/c16-8-2-1-3-9-12(8)14(15(17,18)19)13-10(20-9)6-7-4-5-11(13)21-7;/h1-3,7,11H,4-6H2;1H. The van der Waals surface area contributed by atoms with E-state index in [9.17, 15) is 17.6 Å². The van der Waals surface area contributed by atoms with Crippen molar-refractivity contribution in [3.05, 3.63) is 40.8 Å². The minimum Gasteiger partial charge on any atom is -0.370 e. The second kappa shape index (κ2) is 5.06. The number of benzene rings is 1. The average molecular weight is 334 g/mol. The molecule has 0 N–H and O–H groups in total. The second-order valence-electron chi connectivity index (χ2n) is 5.51. The van der Waals surface area contributed by atoms with Gasteiger partial charge in [0.2, 0.25) is 0 Å². The van der Waals surface area contributed by atoms with Gasteiger partial charge in [-0.05, 0) is 25.0 Å². The summed E-state index contributed by atoms with van der Waals surface area (Å²) < 4.78 is 60.3. The SMILES string of the molecule is Cl.Fc1cccc2nc3c(c(C(F)(F)F)c12)C1CCC(C3)O1. The number of alkyl halides is 3. The summed E-state index contributed by atoms with van der Waals surface area (Å²) in [5.41, 5.74) is -0.415. The largest absolute Gasteiger partial charge is 0.417 e. The Morgan fingerprint density at radius 1 is 1.18 bits per heavy atom. The number of pyridine rings is 1. The molecule has 1 aromatic carbocycles. The van der Waals surface area contributed by atoms with Gasteiger partial charge in [-0.1, -0.05) is 6.07 Å². The zero-order valence-corrected chi connectivity index (χ0v) is 12.1. The summed E-state index contributed by atoms with van der Waals surface area (Å²) in [6.45, 7) is 0. The second-order valence-corrected chi connectivity index (χ2v) is 5.51. The van der Waals surface area contributed by atoms with E-state index in [1.807, 2.05) is 0 Å². The first-order valence-corrected chi connectivity index (χ1v) is 6.79. The van der Waals surface area contributed by atoms with Crippen LogP contribution in [0.2, 0.25) is 0 Å². The lowest BCUT2D eigenvalue weighted by Crippen LogP contribution is -2.24. The molecule has 22 heavy (non-hydrogen) atoms. The highest BCUT2D eigenvalue weighted by Crippen LogP contribution is 2.48. The Morgan fingerprint density at radius 2 is 1.95 bits per heavy atom. The third-order valence-corrected chi connectivity index (χ3v) is 4.21. The summed E-state index contributed by atoms with van der Waals surface area (Å²) in [4.78, 5) is 4.27. The van der Waals surface area contributed by atoms with Gasteiger partial charge in [0.1, 0.15) is 5.82 Å². The Hall–Kier alpha value is -1.40.